The molecule has 4 heteroatoms. The second kappa shape index (κ2) is 3.61. The Labute approximate surface area is 90.6 Å². The first-order valence-corrected chi connectivity index (χ1v) is 5.16. The van der Waals surface area contributed by atoms with Crippen LogP contribution in [0.15, 0.2) is 22.7 Å². The van der Waals surface area contributed by atoms with Crippen LogP contribution in [-0.4, -0.2) is 12.6 Å². The van der Waals surface area contributed by atoms with E-state index in [1.165, 1.54) is 5.56 Å². The Kier molecular flexibility index (Phi) is 2.46. The second-order valence-electron chi connectivity index (χ2n) is 3.28. The average molecular weight is 256 g/mol. The monoisotopic (exact) mass is 255 g/mol. The quantitative estimate of drug-likeness (QED) is 0.838. The third kappa shape index (κ3) is 1.75. The standard InChI is InChI=1S/C10H10BrNO2/c1-6-2-3-7(4-8(6)11)9-5-12-10(13)14-9/h2-4,9H,5H2,1H3,(H,12,13). The molecule has 14 heavy (non-hydrogen) atoms. The van der Waals surface area contributed by atoms with Gasteiger partial charge in [0, 0.05) is 4.47 Å². The fourth-order valence-corrected chi connectivity index (χ4v) is 1.78. The van der Waals surface area contributed by atoms with E-state index in [4.69, 9.17) is 4.74 Å². The van der Waals surface area contributed by atoms with Gasteiger partial charge in [0.25, 0.3) is 0 Å². The number of carbonyl (C=O) groups is 1. The zero-order chi connectivity index (χ0) is 10.1. The van der Waals surface area contributed by atoms with Gasteiger partial charge in [0.15, 0.2) is 0 Å². The Bertz CT molecular complexity index is 378. The number of amides is 1. The zero-order valence-corrected chi connectivity index (χ0v) is 9.30. The van der Waals surface area contributed by atoms with Gasteiger partial charge < -0.3 is 10.1 Å². The molecule has 0 saturated carbocycles. The minimum absolute atomic E-state index is 0.153. The molecule has 74 valence electrons. The summed E-state index contributed by atoms with van der Waals surface area (Å²) in [5.74, 6) is 0. The summed E-state index contributed by atoms with van der Waals surface area (Å²) in [6.07, 6.45) is -0.494. The molecule has 1 amide bonds. The van der Waals surface area contributed by atoms with Gasteiger partial charge in [-0.2, -0.15) is 0 Å². The molecule has 1 aromatic carbocycles. The van der Waals surface area contributed by atoms with Gasteiger partial charge in [0.05, 0.1) is 6.54 Å². The number of carbonyl (C=O) groups excluding carboxylic acids is 1. The highest BCUT2D eigenvalue weighted by molar-refractivity contribution is 9.10. The topological polar surface area (TPSA) is 38.3 Å². The number of hydrogen-bond acceptors (Lipinski definition) is 2. The molecule has 1 saturated heterocycles. The number of aryl methyl sites for hydroxylation is 1. The van der Waals surface area contributed by atoms with Crippen molar-refractivity contribution >= 4 is 22.0 Å². The van der Waals surface area contributed by atoms with Crippen molar-refractivity contribution in [2.24, 2.45) is 0 Å². The molecule has 0 aromatic heterocycles. The van der Waals surface area contributed by atoms with Crippen LogP contribution in [0.25, 0.3) is 0 Å². The molecule has 0 aliphatic carbocycles. The Hall–Kier alpha value is -1.03. The van der Waals surface area contributed by atoms with Gasteiger partial charge in [-0.05, 0) is 24.1 Å². The third-order valence-corrected chi connectivity index (χ3v) is 3.10. The molecule has 1 aliphatic heterocycles. The molecule has 0 bridgehead atoms. The first-order valence-electron chi connectivity index (χ1n) is 4.37. The van der Waals surface area contributed by atoms with E-state index in [9.17, 15) is 4.79 Å². The first-order chi connectivity index (χ1) is 6.66. The maximum absolute atomic E-state index is 10.8. The number of cyclic esters (lactones) is 1. The molecule has 1 aromatic rings. The molecular weight excluding hydrogens is 246 g/mol. The van der Waals surface area contributed by atoms with E-state index in [1.54, 1.807) is 0 Å². The lowest BCUT2D eigenvalue weighted by Gasteiger charge is -2.09. The first kappa shape index (κ1) is 9.52. The summed E-state index contributed by atoms with van der Waals surface area (Å²) in [6.45, 7) is 2.57. The number of alkyl carbamates (subject to hydrolysis) is 1. The van der Waals surface area contributed by atoms with Crippen molar-refractivity contribution < 1.29 is 9.53 Å². The molecule has 0 radical (unpaired) electrons. The van der Waals surface area contributed by atoms with E-state index in [-0.39, 0.29) is 12.2 Å². The molecule has 2 rings (SSSR count). The Balaban J connectivity index is 2.24. The van der Waals surface area contributed by atoms with Crippen LogP contribution in [0, 0.1) is 6.92 Å². The largest absolute Gasteiger partial charge is 0.439 e. The minimum Gasteiger partial charge on any atom is -0.439 e. The summed E-state index contributed by atoms with van der Waals surface area (Å²) in [5, 5.41) is 2.63. The van der Waals surface area contributed by atoms with Gasteiger partial charge in [-0.3, -0.25) is 0 Å². The van der Waals surface area contributed by atoms with E-state index in [0.717, 1.165) is 10.0 Å². The Morgan fingerprint density at radius 3 is 2.93 bits per heavy atom. The maximum Gasteiger partial charge on any atom is 0.407 e. The Morgan fingerprint density at radius 2 is 2.36 bits per heavy atom. The van der Waals surface area contributed by atoms with Crippen molar-refractivity contribution in [1.29, 1.82) is 0 Å². The van der Waals surface area contributed by atoms with Crippen LogP contribution in [0.2, 0.25) is 0 Å². The SMILES string of the molecule is Cc1ccc(C2CNC(=O)O2)cc1Br. The summed E-state index contributed by atoms with van der Waals surface area (Å²) in [7, 11) is 0. The number of nitrogens with one attached hydrogen (secondary N) is 1. The van der Waals surface area contributed by atoms with Crippen molar-refractivity contribution in [3.8, 4) is 0 Å². The summed E-state index contributed by atoms with van der Waals surface area (Å²) >= 11 is 3.45. The summed E-state index contributed by atoms with van der Waals surface area (Å²) in [5.41, 5.74) is 2.19. The molecule has 0 spiro atoms. The van der Waals surface area contributed by atoms with E-state index in [1.807, 2.05) is 25.1 Å². The third-order valence-electron chi connectivity index (χ3n) is 2.25. The predicted octanol–water partition coefficient (Wildman–Crippen LogP) is 2.54. The van der Waals surface area contributed by atoms with Gasteiger partial charge in [-0.15, -0.1) is 0 Å². The highest BCUT2D eigenvalue weighted by Crippen LogP contribution is 2.25. The Morgan fingerprint density at radius 1 is 1.57 bits per heavy atom. The number of benzene rings is 1. The van der Waals surface area contributed by atoms with Crippen LogP contribution in [0.4, 0.5) is 4.79 Å². The van der Waals surface area contributed by atoms with Crippen molar-refractivity contribution in [3.63, 3.8) is 0 Å². The lowest BCUT2D eigenvalue weighted by Crippen LogP contribution is -2.12. The molecular formula is C10H10BrNO2. The number of hydrogen-bond donors (Lipinski definition) is 1. The highest BCUT2D eigenvalue weighted by atomic mass is 79.9. The smallest absolute Gasteiger partial charge is 0.407 e. The van der Waals surface area contributed by atoms with Gasteiger partial charge in [0.1, 0.15) is 6.10 Å². The number of rotatable bonds is 1. The lowest BCUT2D eigenvalue weighted by atomic mass is 10.1. The predicted molar refractivity (Wildman–Crippen MR) is 56.1 cm³/mol. The van der Waals surface area contributed by atoms with Crippen LogP contribution in [0.3, 0.4) is 0 Å². The van der Waals surface area contributed by atoms with E-state index < -0.39 is 0 Å². The summed E-state index contributed by atoms with van der Waals surface area (Å²) < 4.78 is 6.11. The molecule has 1 fully saturated rings. The fourth-order valence-electron chi connectivity index (χ4n) is 1.38. The summed E-state index contributed by atoms with van der Waals surface area (Å²) in [6, 6.07) is 5.97. The fraction of sp³-hybridized carbons (Fsp3) is 0.300. The molecule has 1 atom stereocenters. The summed E-state index contributed by atoms with van der Waals surface area (Å²) in [4.78, 5) is 10.8. The van der Waals surface area contributed by atoms with Gasteiger partial charge in [-0.1, -0.05) is 28.1 Å². The van der Waals surface area contributed by atoms with Gasteiger partial charge in [-0.25, -0.2) is 4.79 Å². The van der Waals surface area contributed by atoms with Crippen molar-refractivity contribution in [3.05, 3.63) is 33.8 Å². The second-order valence-corrected chi connectivity index (χ2v) is 4.14. The zero-order valence-electron chi connectivity index (χ0n) is 7.71. The molecule has 1 unspecified atom stereocenters. The van der Waals surface area contributed by atoms with Gasteiger partial charge >= 0.3 is 6.09 Å². The molecule has 1 aliphatic rings. The van der Waals surface area contributed by atoms with Crippen molar-refractivity contribution in [1.82, 2.24) is 5.32 Å². The van der Waals surface area contributed by atoms with Crippen LogP contribution in [0.1, 0.15) is 17.2 Å². The van der Waals surface area contributed by atoms with Crippen LogP contribution in [-0.2, 0) is 4.74 Å². The molecule has 1 heterocycles. The van der Waals surface area contributed by atoms with E-state index in [0.29, 0.717) is 6.54 Å². The molecule has 1 N–H and O–H groups in total. The highest BCUT2D eigenvalue weighted by Gasteiger charge is 2.24. The maximum atomic E-state index is 10.8. The average Bonchev–Trinajstić information content (AvgIpc) is 2.57. The van der Waals surface area contributed by atoms with Crippen LogP contribution < -0.4 is 5.32 Å². The minimum atomic E-state index is -0.341. The number of halogens is 1. The van der Waals surface area contributed by atoms with Crippen molar-refractivity contribution in [2.75, 3.05) is 6.54 Å². The number of ether oxygens (including phenoxy) is 1. The van der Waals surface area contributed by atoms with Gasteiger partial charge in [0.2, 0.25) is 0 Å². The lowest BCUT2D eigenvalue weighted by molar-refractivity contribution is 0.141. The normalized spacial score (nSPS) is 20.4. The van der Waals surface area contributed by atoms with Crippen LogP contribution in [0.5, 0.6) is 0 Å². The van der Waals surface area contributed by atoms with E-state index in [2.05, 4.69) is 21.2 Å². The van der Waals surface area contributed by atoms with Crippen molar-refractivity contribution in [2.45, 2.75) is 13.0 Å². The molecule has 3 nitrogen and oxygen atoms in total. The van der Waals surface area contributed by atoms with Crippen LogP contribution >= 0.6 is 15.9 Å². The van der Waals surface area contributed by atoms with E-state index >= 15 is 0 Å².